The van der Waals surface area contributed by atoms with Gasteiger partial charge in [-0.3, -0.25) is 0 Å². The lowest BCUT2D eigenvalue weighted by molar-refractivity contribution is 0.100. The van der Waals surface area contributed by atoms with E-state index < -0.39 is 0 Å². The lowest BCUT2D eigenvalue weighted by Crippen LogP contribution is -2.33. The van der Waals surface area contributed by atoms with Gasteiger partial charge in [-0.2, -0.15) is 0 Å². The molecule has 2 aromatic rings. The molecule has 0 bridgehead atoms. The van der Waals surface area contributed by atoms with Crippen LogP contribution in [0.2, 0.25) is 0 Å². The fourth-order valence-corrected chi connectivity index (χ4v) is 3.48. The van der Waals surface area contributed by atoms with Crippen molar-refractivity contribution in [1.82, 2.24) is 4.90 Å². The van der Waals surface area contributed by atoms with Crippen molar-refractivity contribution in [2.75, 3.05) is 26.3 Å². The van der Waals surface area contributed by atoms with Crippen molar-refractivity contribution in [1.29, 1.82) is 0 Å². The van der Waals surface area contributed by atoms with Crippen molar-refractivity contribution in [3.8, 4) is 11.1 Å². The number of carbonyl (C=O) groups is 1. The van der Waals surface area contributed by atoms with Crippen molar-refractivity contribution in [2.45, 2.75) is 25.7 Å². The first-order valence-corrected chi connectivity index (χ1v) is 8.97. The Balaban J connectivity index is 1.70. The van der Waals surface area contributed by atoms with E-state index in [1.165, 1.54) is 22.3 Å². The highest BCUT2D eigenvalue weighted by Gasteiger charge is 2.29. The van der Waals surface area contributed by atoms with Crippen molar-refractivity contribution >= 4 is 6.09 Å². The second kappa shape index (κ2) is 8.17. The van der Waals surface area contributed by atoms with Crippen molar-refractivity contribution in [3.63, 3.8) is 0 Å². The number of fused-ring (bicyclic) bond motifs is 3. The molecule has 1 aliphatic rings. The summed E-state index contributed by atoms with van der Waals surface area (Å²) in [5.74, 6) is 0.0903. The van der Waals surface area contributed by atoms with Gasteiger partial charge in [-0.1, -0.05) is 48.5 Å². The van der Waals surface area contributed by atoms with Gasteiger partial charge in [0.05, 0.1) is 0 Å². The molecular weight excluding hydrogens is 314 g/mol. The highest BCUT2D eigenvalue weighted by Crippen LogP contribution is 2.44. The molecule has 0 unspecified atom stereocenters. The molecule has 1 amide bonds. The van der Waals surface area contributed by atoms with E-state index in [4.69, 9.17) is 9.84 Å². The van der Waals surface area contributed by atoms with Crippen LogP contribution in [0.15, 0.2) is 48.5 Å². The van der Waals surface area contributed by atoms with Crippen LogP contribution in [0.1, 0.15) is 36.8 Å². The van der Waals surface area contributed by atoms with Crippen LogP contribution in [0.5, 0.6) is 0 Å². The van der Waals surface area contributed by atoms with E-state index >= 15 is 0 Å². The molecule has 0 radical (unpaired) electrons. The Morgan fingerprint density at radius 3 is 2.20 bits per heavy atom. The van der Waals surface area contributed by atoms with Gasteiger partial charge < -0.3 is 14.7 Å². The molecule has 0 saturated carbocycles. The topological polar surface area (TPSA) is 49.8 Å². The third kappa shape index (κ3) is 3.69. The van der Waals surface area contributed by atoms with Crippen LogP contribution in [0.25, 0.3) is 11.1 Å². The largest absolute Gasteiger partial charge is 0.448 e. The average Bonchev–Trinajstić information content (AvgIpc) is 2.97. The predicted molar refractivity (Wildman–Crippen MR) is 98.6 cm³/mol. The summed E-state index contributed by atoms with van der Waals surface area (Å²) in [6.45, 7) is 3.68. The molecular formula is C21H25NO3. The quantitative estimate of drug-likeness (QED) is 0.775. The second-order valence-electron chi connectivity index (χ2n) is 6.31. The fraction of sp³-hybridized carbons (Fsp3) is 0.381. The maximum absolute atomic E-state index is 12.4. The van der Waals surface area contributed by atoms with Gasteiger partial charge in [0, 0.05) is 25.6 Å². The maximum Gasteiger partial charge on any atom is 0.409 e. The minimum absolute atomic E-state index is 0.0903. The minimum Gasteiger partial charge on any atom is -0.448 e. The Labute approximate surface area is 149 Å². The molecule has 1 aliphatic carbocycles. The van der Waals surface area contributed by atoms with Gasteiger partial charge in [0.2, 0.25) is 0 Å². The first kappa shape index (κ1) is 17.5. The lowest BCUT2D eigenvalue weighted by atomic mass is 9.98. The van der Waals surface area contributed by atoms with Crippen LogP contribution in [0.4, 0.5) is 4.79 Å². The van der Waals surface area contributed by atoms with Crippen LogP contribution >= 0.6 is 0 Å². The van der Waals surface area contributed by atoms with Gasteiger partial charge in [-0.05, 0) is 42.0 Å². The van der Waals surface area contributed by atoms with Crippen LogP contribution < -0.4 is 0 Å². The Bertz CT molecular complexity index is 683. The van der Waals surface area contributed by atoms with Gasteiger partial charge in [0.15, 0.2) is 0 Å². The second-order valence-corrected chi connectivity index (χ2v) is 6.31. The Morgan fingerprint density at radius 2 is 1.64 bits per heavy atom. The van der Waals surface area contributed by atoms with E-state index in [-0.39, 0.29) is 18.6 Å². The van der Waals surface area contributed by atoms with E-state index in [9.17, 15) is 4.79 Å². The van der Waals surface area contributed by atoms with Gasteiger partial charge in [-0.15, -0.1) is 0 Å². The highest BCUT2D eigenvalue weighted by atomic mass is 16.6. The van der Waals surface area contributed by atoms with E-state index in [0.717, 1.165) is 6.42 Å². The molecule has 132 valence electrons. The molecule has 2 aromatic carbocycles. The third-order valence-electron chi connectivity index (χ3n) is 4.81. The zero-order chi connectivity index (χ0) is 17.6. The number of benzene rings is 2. The number of unbranched alkanes of at least 4 members (excludes halogenated alkanes) is 1. The number of amides is 1. The Morgan fingerprint density at radius 1 is 1.04 bits per heavy atom. The average molecular weight is 339 g/mol. The summed E-state index contributed by atoms with van der Waals surface area (Å²) < 4.78 is 5.65. The van der Waals surface area contributed by atoms with Crippen LogP contribution in [-0.4, -0.2) is 42.4 Å². The van der Waals surface area contributed by atoms with Crippen LogP contribution in [-0.2, 0) is 4.74 Å². The van der Waals surface area contributed by atoms with E-state index in [2.05, 4.69) is 24.3 Å². The van der Waals surface area contributed by atoms with Crippen molar-refractivity contribution in [2.24, 2.45) is 0 Å². The molecule has 0 spiro atoms. The summed E-state index contributed by atoms with van der Waals surface area (Å²) >= 11 is 0. The van der Waals surface area contributed by atoms with E-state index in [1.54, 1.807) is 4.90 Å². The number of hydrogen-bond donors (Lipinski definition) is 1. The standard InChI is InChI=1S/C21H25NO3/c1-2-22(13-7-8-14-23)21(24)25-15-20-18-11-5-3-9-16(18)17-10-4-6-12-19(17)20/h3-6,9-12,20,23H,2,7-8,13-15H2,1H3. The number of nitrogens with zero attached hydrogens (tertiary/aromatic N) is 1. The van der Waals surface area contributed by atoms with Gasteiger partial charge >= 0.3 is 6.09 Å². The van der Waals surface area contributed by atoms with Gasteiger partial charge in [0.1, 0.15) is 6.61 Å². The zero-order valence-electron chi connectivity index (χ0n) is 14.6. The normalized spacial score (nSPS) is 12.6. The fourth-order valence-electron chi connectivity index (χ4n) is 3.48. The molecule has 0 aromatic heterocycles. The molecule has 0 saturated heterocycles. The molecule has 4 nitrogen and oxygen atoms in total. The smallest absolute Gasteiger partial charge is 0.409 e. The van der Waals surface area contributed by atoms with Crippen molar-refractivity contribution < 1.29 is 14.6 Å². The molecule has 0 heterocycles. The molecule has 25 heavy (non-hydrogen) atoms. The minimum atomic E-state index is -0.276. The molecule has 4 heteroatoms. The summed E-state index contributed by atoms with van der Waals surface area (Å²) in [6.07, 6.45) is 1.21. The number of hydrogen-bond acceptors (Lipinski definition) is 3. The van der Waals surface area contributed by atoms with Crippen LogP contribution in [0.3, 0.4) is 0 Å². The molecule has 0 atom stereocenters. The molecule has 0 aliphatic heterocycles. The molecule has 3 rings (SSSR count). The number of rotatable bonds is 7. The third-order valence-corrected chi connectivity index (χ3v) is 4.81. The predicted octanol–water partition coefficient (Wildman–Crippen LogP) is 4.03. The Kier molecular flexibility index (Phi) is 5.71. The lowest BCUT2D eigenvalue weighted by Gasteiger charge is -2.22. The highest BCUT2D eigenvalue weighted by molar-refractivity contribution is 5.79. The summed E-state index contributed by atoms with van der Waals surface area (Å²) in [5, 5.41) is 8.89. The first-order chi connectivity index (χ1) is 12.3. The van der Waals surface area contributed by atoms with E-state index in [0.29, 0.717) is 26.1 Å². The number of ether oxygens (including phenoxy) is 1. The van der Waals surface area contributed by atoms with Gasteiger partial charge in [-0.25, -0.2) is 4.79 Å². The number of aliphatic hydroxyl groups excluding tert-OH is 1. The van der Waals surface area contributed by atoms with Gasteiger partial charge in [0.25, 0.3) is 0 Å². The number of aliphatic hydroxyl groups is 1. The first-order valence-electron chi connectivity index (χ1n) is 8.97. The maximum atomic E-state index is 12.4. The zero-order valence-corrected chi connectivity index (χ0v) is 14.6. The molecule has 1 N–H and O–H groups in total. The van der Waals surface area contributed by atoms with Crippen LogP contribution in [0, 0.1) is 0 Å². The summed E-state index contributed by atoms with van der Waals surface area (Å²) in [6, 6.07) is 16.7. The van der Waals surface area contributed by atoms with E-state index in [1.807, 2.05) is 31.2 Å². The summed E-state index contributed by atoms with van der Waals surface area (Å²) in [5.41, 5.74) is 4.91. The van der Waals surface area contributed by atoms with Crippen molar-refractivity contribution in [3.05, 3.63) is 59.7 Å². The summed E-state index contributed by atoms with van der Waals surface area (Å²) in [4.78, 5) is 14.1. The molecule has 0 fully saturated rings. The summed E-state index contributed by atoms with van der Waals surface area (Å²) in [7, 11) is 0. The monoisotopic (exact) mass is 339 g/mol. The number of carbonyl (C=O) groups excluding carboxylic acids is 1. The Hall–Kier alpha value is -2.33. The SMILES string of the molecule is CCN(CCCCO)C(=O)OCC1c2ccccc2-c2ccccc21.